The largest absolute Gasteiger partial charge is 0.461 e. The van der Waals surface area contributed by atoms with Crippen molar-refractivity contribution in [3.05, 3.63) is 42.1 Å². The summed E-state index contributed by atoms with van der Waals surface area (Å²) in [4.78, 5) is 47.8. The summed E-state index contributed by atoms with van der Waals surface area (Å²) in [7, 11) is 5.25. The number of hydrogen-bond acceptors (Lipinski definition) is 14. The lowest BCUT2D eigenvalue weighted by Crippen LogP contribution is -2.60. The first kappa shape index (κ1) is 43.4. The van der Waals surface area contributed by atoms with Gasteiger partial charge in [0.05, 0.1) is 29.0 Å². The summed E-state index contributed by atoms with van der Waals surface area (Å²) in [5, 5.41) is 28.3. The number of nitrogens with one attached hydrogen (secondary N) is 1. The van der Waals surface area contributed by atoms with E-state index in [0.717, 1.165) is 22.9 Å². The molecule has 0 aliphatic carbocycles. The van der Waals surface area contributed by atoms with Crippen LogP contribution in [0.25, 0.3) is 10.9 Å². The van der Waals surface area contributed by atoms with Gasteiger partial charge in [-0.2, -0.15) is 0 Å². The summed E-state index contributed by atoms with van der Waals surface area (Å²) in [5.41, 5.74) is 3.00. The van der Waals surface area contributed by atoms with Crippen molar-refractivity contribution in [2.75, 3.05) is 34.4 Å². The molecule has 1 aromatic heterocycles. The van der Waals surface area contributed by atoms with Crippen LogP contribution in [0.5, 0.6) is 0 Å². The predicted octanol–water partition coefficient (Wildman–Crippen LogP) is 4.36. The molecule has 3 aliphatic heterocycles. The lowest BCUT2D eigenvalue weighted by Gasteiger charge is -2.47. The number of ether oxygens (including phenoxy) is 5. The molecule has 12 atom stereocenters. The number of hydrazine groups is 1. The van der Waals surface area contributed by atoms with Gasteiger partial charge in [0.15, 0.2) is 17.7 Å². The average molecular weight is 784 g/mol. The van der Waals surface area contributed by atoms with Gasteiger partial charge in [0, 0.05) is 49.0 Å². The number of esters is 1. The molecule has 56 heavy (non-hydrogen) atoms. The highest BCUT2D eigenvalue weighted by Gasteiger charge is 2.57. The number of carbonyl (C=O) groups excluding carboxylic acids is 3. The summed E-state index contributed by atoms with van der Waals surface area (Å²) in [5.74, 6) is -4.54. The molecule has 0 radical (unpaired) electrons. The molecule has 1 amide bonds. The zero-order valence-corrected chi connectivity index (χ0v) is 34.4. The third-order valence-corrected chi connectivity index (χ3v) is 12.1. The van der Waals surface area contributed by atoms with E-state index >= 15 is 0 Å². The maximum atomic E-state index is 14.2. The highest BCUT2D eigenvalue weighted by Crippen LogP contribution is 2.40. The third-order valence-electron chi connectivity index (χ3n) is 12.1. The van der Waals surface area contributed by atoms with Gasteiger partial charge in [-0.1, -0.05) is 44.1 Å². The number of aryl methyl sites for hydroxylation is 1. The van der Waals surface area contributed by atoms with Crippen molar-refractivity contribution in [3.63, 3.8) is 0 Å². The lowest BCUT2D eigenvalue weighted by molar-refractivity contribution is -0.295. The van der Waals surface area contributed by atoms with E-state index in [1.54, 1.807) is 27.0 Å². The minimum Gasteiger partial charge on any atom is -0.461 e. The molecule has 15 heteroatoms. The van der Waals surface area contributed by atoms with Crippen LogP contribution in [0, 0.1) is 23.7 Å². The number of pyridine rings is 1. The second kappa shape index (κ2) is 17.8. The van der Waals surface area contributed by atoms with Crippen LogP contribution in [0.3, 0.4) is 0 Å². The molecule has 0 saturated carbocycles. The maximum Gasteiger partial charge on any atom is 0.425 e. The quantitative estimate of drug-likeness (QED) is 0.107. The summed E-state index contributed by atoms with van der Waals surface area (Å²) in [6, 6.07) is 8.84. The van der Waals surface area contributed by atoms with Crippen LogP contribution < -0.4 is 5.43 Å². The van der Waals surface area contributed by atoms with Gasteiger partial charge in [0.2, 0.25) is 0 Å². The minimum absolute atomic E-state index is 0.190. The number of rotatable bonds is 9. The van der Waals surface area contributed by atoms with E-state index < -0.39 is 77.3 Å². The number of Topliss-reactive ketones (excluding diaryl/α,β-unsaturated/α-hetero) is 1. The van der Waals surface area contributed by atoms with Crippen molar-refractivity contribution in [2.24, 2.45) is 28.8 Å². The standard InChI is InChI=1S/C41H61N5O10/c1-23-21-40(6,52-10)36(55-38-34(48)31(45(8)9)20-24(2)54-38)26(4)33(47)27(5)37(49)53-22-41(7)35(25(3)32(23)44-51)46(39(50)56-41)43-18-13-14-28-17-19-42-30-16-12-11-15-29(28)30/h11-12,15-17,19,23-27,31,34-36,38,43,48,51H,13-14,18,20-22H2,1-10H3/b44-32+/t23-,24-,25+,26+,27-,31+,34-,35-,36-,38+,40-,41-/m1/s1. The number of benzene rings is 1. The van der Waals surface area contributed by atoms with E-state index in [1.165, 1.54) is 19.0 Å². The van der Waals surface area contributed by atoms with Gasteiger partial charge in [-0.25, -0.2) is 15.2 Å². The molecule has 1 aromatic carbocycles. The highest BCUT2D eigenvalue weighted by atomic mass is 16.7. The Bertz CT molecular complexity index is 1740. The Morgan fingerprint density at radius 2 is 1.79 bits per heavy atom. The van der Waals surface area contributed by atoms with Crippen LogP contribution >= 0.6 is 0 Å². The number of methoxy groups -OCH3 is 1. The van der Waals surface area contributed by atoms with Gasteiger partial charge in [0.1, 0.15) is 24.7 Å². The van der Waals surface area contributed by atoms with Gasteiger partial charge in [-0.15, -0.1) is 0 Å². The van der Waals surface area contributed by atoms with Gasteiger partial charge < -0.3 is 38.9 Å². The summed E-state index contributed by atoms with van der Waals surface area (Å²) in [6.45, 7) is 12.3. The topological polar surface area (TPSA) is 182 Å². The molecule has 3 aliphatic rings. The second-order valence-corrected chi connectivity index (χ2v) is 16.6. The normalized spacial score (nSPS) is 37.0. The van der Waals surface area contributed by atoms with Crippen molar-refractivity contribution in [1.82, 2.24) is 20.3 Å². The van der Waals surface area contributed by atoms with Gasteiger partial charge in [-0.3, -0.25) is 14.6 Å². The Morgan fingerprint density at radius 1 is 1.07 bits per heavy atom. The van der Waals surface area contributed by atoms with Crippen LogP contribution in [-0.4, -0.2) is 131 Å². The van der Waals surface area contributed by atoms with Crippen molar-refractivity contribution >= 4 is 34.5 Å². The Kier molecular flexibility index (Phi) is 13.8. The number of para-hydroxylation sites is 1. The van der Waals surface area contributed by atoms with Crippen LogP contribution in [0.15, 0.2) is 41.7 Å². The Hall–Kier alpha value is -3.73. The number of cyclic esters (lactones) is 1. The van der Waals surface area contributed by atoms with Crippen LogP contribution in [0.1, 0.15) is 73.3 Å². The van der Waals surface area contributed by atoms with Crippen molar-refractivity contribution in [3.8, 4) is 0 Å². The molecule has 5 rings (SSSR count). The Morgan fingerprint density at radius 3 is 2.46 bits per heavy atom. The minimum atomic E-state index is -1.39. The smallest absolute Gasteiger partial charge is 0.425 e. The molecule has 0 spiro atoms. The highest BCUT2D eigenvalue weighted by molar-refractivity contribution is 6.00. The van der Waals surface area contributed by atoms with E-state index in [2.05, 4.69) is 15.6 Å². The molecule has 2 aromatic rings. The molecule has 3 saturated heterocycles. The Balaban J connectivity index is 1.45. The number of aliphatic hydroxyl groups excluding tert-OH is 1. The SMILES string of the molecule is CO[C@]1(C)C[C@@H](C)/C(=N\O)[C@H](C)[C@H]2N(NCCCc3ccnc4ccccc34)C(=O)O[C@]2(C)COC(=O)[C@H](C)C(=O)[C@H](C)[C@H]1O[C@@H]1O[C@H](C)C[C@H](N(C)C)[C@H]1O. The number of nitrogens with zero attached hydrogens (tertiary/aromatic N) is 4. The van der Waals surface area contributed by atoms with E-state index in [9.17, 15) is 24.7 Å². The van der Waals surface area contributed by atoms with Gasteiger partial charge in [-0.05, 0) is 85.2 Å². The molecule has 3 N–H and O–H groups in total. The molecule has 0 unspecified atom stereocenters. The number of likely N-dealkylation sites (N-methyl/N-ethyl adjacent to an activating group) is 1. The predicted molar refractivity (Wildman–Crippen MR) is 208 cm³/mol. The number of aromatic nitrogens is 1. The number of fused-ring (bicyclic) bond motifs is 2. The molecule has 4 heterocycles. The van der Waals surface area contributed by atoms with Crippen molar-refractivity contribution < 1.29 is 48.4 Å². The van der Waals surface area contributed by atoms with E-state index in [0.29, 0.717) is 25.1 Å². The first-order valence-electron chi connectivity index (χ1n) is 19.7. The van der Waals surface area contributed by atoms with Gasteiger partial charge >= 0.3 is 12.1 Å². The van der Waals surface area contributed by atoms with Gasteiger partial charge in [0.25, 0.3) is 0 Å². The molecule has 310 valence electrons. The van der Waals surface area contributed by atoms with Crippen LogP contribution in [0.2, 0.25) is 0 Å². The van der Waals surface area contributed by atoms with E-state index in [4.69, 9.17) is 23.7 Å². The summed E-state index contributed by atoms with van der Waals surface area (Å²) >= 11 is 0. The zero-order chi connectivity index (χ0) is 41.1. The van der Waals surface area contributed by atoms with E-state index in [-0.39, 0.29) is 25.2 Å². The fourth-order valence-corrected chi connectivity index (χ4v) is 8.99. The van der Waals surface area contributed by atoms with Crippen molar-refractivity contribution in [2.45, 2.75) is 122 Å². The number of aliphatic hydroxyl groups is 1. The lowest BCUT2D eigenvalue weighted by atomic mass is 9.74. The average Bonchev–Trinajstić information content (AvgIpc) is 3.42. The first-order valence-corrected chi connectivity index (χ1v) is 19.7. The number of amides is 1. The van der Waals surface area contributed by atoms with Crippen LogP contribution in [0.4, 0.5) is 4.79 Å². The van der Waals surface area contributed by atoms with Crippen LogP contribution in [-0.2, 0) is 39.7 Å². The molecular formula is C41H61N5O10. The number of ketones is 1. The molecule has 3 fully saturated rings. The van der Waals surface area contributed by atoms with Crippen molar-refractivity contribution in [1.29, 1.82) is 0 Å². The maximum absolute atomic E-state index is 14.2. The third kappa shape index (κ3) is 8.87. The van der Waals surface area contributed by atoms with E-state index in [1.807, 2.05) is 70.1 Å². The Labute approximate surface area is 330 Å². The first-order chi connectivity index (χ1) is 26.5. The fraction of sp³-hybridized carbons (Fsp3) is 0.683. The fourth-order valence-electron chi connectivity index (χ4n) is 8.99. The number of oxime groups is 1. The molecule has 15 nitrogen and oxygen atoms in total. The number of carbonyl (C=O) groups is 3. The molecular weight excluding hydrogens is 722 g/mol. The summed E-state index contributed by atoms with van der Waals surface area (Å²) in [6.07, 6.45) is -0.180. The number of hydrogen-bond donors (Lipinski definition) is 3. The zero-order valence-electron chi connectivity index (χ0n) is 34.4. The summed E-state index contributed by atoms with van der Waals surface area (Å²) < 4.78 is 30.7. The molecule has 0 bridgehead atoms. The monoisotopic (exact) mass is 783 g/mol. The second-order valence-electron chi connectivity index (χ2n) is 16.6.